The molecule has 0 radical (unpaired) electrons. The summed E-state index contributed by atoms with van der Waals surface area (Å²) in [6.07, 6.45) is 3.04. The summed E-state index contributed by atoms with van der Waals surface area (Å²) in [6.45, 7) is 0. The molecule has 0 aliphatic heterocycles. The number of hydrogen-bond acceptors (Lipinski definition) is 1. The molecule has 0 saturated heterocycles. The van der Waals surface area contributed by atoms with E-state index >= 15 is 0 Å². The van der Waals surface area contributed by atoms with Crippen molar-refractivity contribution in [3.05, 3.63) is 37.8 Å². The SMILES string of the molecule is Fc1cc(I)c2nc3c(c(Cl)c2c1)CCC3. The molecule has 0 atom stereocenters. The normalized spacial score (nSPS) is 14.4. The lowest BCUT2D eigenvalue weighted by atomic mass is 10.1. The van der Waals surface area contributed by atoms with Crippen molar-refractivity contribution in [3.63, 3.8) is 0 Å². The summed E-state index contributed by atoms with van der Waals surface area (Å²) in [4.78, 5) is 4.60. The lowest BCUT2D eigenvalue weighted by molar-refractivity contribution is 0.628. The largest absolute Gasteiger partial charge is 0.251 e. The molecule has 16 heavy (non-hydrogen) atoms. The van der Waals surface area contributed by atoms with E-state index in [9.17, 15) is 4.39 Å². The van der Waals surface area contributed by atoms with Crippen molar-refractivity contribution < 1.29 is 4.39 Å². The van der Waals surface area contributed by atoms with Gasteiger partial charge < -0.3 is 0 Å². The van der Waals surface area contributed by atoms with Gasteiger partial charge in [-0.2, -0.15) is 0 Å². The van der Waals surface area contributed by atoms with Crippen molar-refractivity contribution in [1.29, 1.82) is 0 Å². The molecule has 4 heteroatoms. The predicted octanol–water partition coefficient (Wildman–Crippen LogP) is 4.12. The second-order valence-electron chi connectivity index (χ2n) is 3.99. The summed E-state index contributed by atoms with van der Waals surface area (Å²) >= 11 is 8.43. The summed E-state index contributed by atoms with van der Waals surface area (Å²) in [6, 6.07) is 2.97. The van der Waals surface area contributed by atoms with Gasteiger partial charge in [-0.1, -0.05) is 11.6 Å². The van der Waals surface area contributed by atoms with E-state index in [0.29, 0.717) is 5.02 Å². The first-order valence-electron chi connectivity index (χ1n) is 5.13. The van der Waals surface area contributed by atoms with Crippen LogP contribution in [-0.4, -0.2) is 4.98 Å². The Kier molecular flexibility index (Phi) is 2.55. The monoisotopic (exact) mass is 347 g/mol. The van der Waals surface area contributed by atoms with Gasteiger partial charge in [-0.25, -0.2) is 4.39 Å². The maximum atomic E-state index is 13.3. The van der Waals surface area contributed by atoms with Crippen LogP contribution in [0.25, 0.3) is 10.9 Å². The Bertz CT molecular complexity index is 597. The van der Waals surface area contributed by atoms with Gasteiger partial charge in [-0.3, -0.25) is 4.98 Å². The number of hydrogen-bond donors (Lipinski definition) is 0. The van der Waals surface area contributed by atoms with Crippen LogP contribution < -0.4 is 0 Å². The molecule has 0 fully saturated rings. The van der Waals surface area contributed by atoms with E-state index in [-0.39, 0.29) is 5.82 Å². The van der Waals surface area contributed by atoms with Crippen molar-refractivity contribution in [2.45, 2.75) is 19.3 Å². The van der Waals surface area contributed by atoms with Crippen molar-refractivity contribution in [3.8, 4) is 0 Å². The Morgan fingerprint density at radius 2 is 2.12 bits per heavy atom. The fraction of sp³-hybridized carbons (Fsp3) is 0.250. The van der Waals surface area contributed by atoms with Crippen LogP contribution in [-0.2, 0) is 12.8 Å². The van der Waals surface area contributed by atoms with Crippen molar-refractivity contribution in [1.82, 2.24) is 4.98 Å². The molecule has 82 valence electrons. The number of benzene rings is 1. The molecule has 1 aliphatic rings. The van der Waals surface area contributed by atoms with Crippen molar-refractivity contribution in [2.75, 3.05) is 0 Å². The molecule has 2 aromatic rings. The van der Waals surface area contributed by atoms with E-state index in [2.05, 4.69) is 27.6 Å². The van der Waals surface area contributed by atoms with Gasteiger partial charge >= 0.3 is 0 Å². The van der Waals surface area contributed by atoms with E-state index in [4.69, 9.17) is 11.6 Å². The molecule has 1 aromatic carbocycles. The zero-order valence-electron chi connectivity index (χ0n) is 8.36. The number of pyridine rings is 1. The summed E-state index contributed by atoms with van der Waals surface area (Å²) < 4.78 is 14.2. The highest BCUT2D eigenvalue weighted by atomic mass is 127. The Morgan fingerprint density at radius 3 is 2.94 bits per heavy atom. The second kappa shape index (κ2) is 3.81. The minimum absolute atomic E-state index is 0.251. The lowest BCUT2D eigenvalue weighted by Crippen LogP contribution is -1.94. The van der Waals surface area contributed by atoms with Gasteiger partial charge in [0.25, 0.3) is 0 Å². The first-order chi connectivity index (χ1) is 7.66. The third kappa shape index (κ3) is 1.52. The maximum absolute atomic E-state index is 13.3. The molecule has 0 bridgehead atoms. The van der Waals surface area contributed by atoms with Crippen LogP contribution in [0.3, 0.4) is 0 Å². The zero-order chi connectivity index (χ0) is 11.3. The Hall–Kier alpha value is -0.420. The predicted molar refractivity (Wildman–Crippen MR) is 71.5 cm³/mol. The van der Waals surface area contributed by atoms with Gasteiger partial charge in [0, 0.05) is 14.7 Å². The Labute approximate surface area is 111 Å². The molecule has 0 unspecified atom stereocenters. The van der Waals surface area contributed by atoms with E-state index < -0.39 is 0 Å². The van der Waals surface area contributed by atoms with Crippen molar-refractivity contribution >= 4 is 45.1 Å². The highest BCUT2D eigenvalue weighted by Gasteiger charge is 2.19. The smallest absolute Gasteiger partial charge is 0.125 e. The molecular formula is C12H8ClFIN. The number of halogens is 3. The van der Waals surface area contributed by atoms with Crippen LogP contribution in [0.2, 0.25) is 5.02 Å². The third-order valence-corrected chi connectivity index (χ3v) is 4.22. The maximum Gasteiger partial charge on any atom is 0.125 e. The number of rotatable bonds is 0. The van der Waals surface area contributed by atoms with Gasteiger partial charge in [0.15, 0.2) is 0 Å². The van der Waals surface area contributed by atoms with Crippen LogP contribution in [0.15, 0.2) is 12.1 Å². The number of fused-ring (bicyclic) bond motifs is 2. The molecule has 1 aliphatic carbocycles. The summed E-state index contributed by atoms with van der Waals surface area (Å²) in [5.41, 5.74) is 3.02. The molecule has 1 aromatic heterocycles. The Morgan fingerprint density at radius 1 is 1.31 bits per heavy atom. The van der Waals surface area contributed by atoms with Crippen LogP contribution in [0.5, 0.6) is 0 Å². The highest BCUT2D eigenvalue weighted by molar-refractivity contribution is 14.1. The summed E-state index contributed by atoms with van der Waals surface area (Å²) in [5.74, 6) is -0.251. The summed E-state index contributed by atoms with van der Waals surface area (Å²) in [5, 5.41) is 1.43. The number of aromatic nitrogens is 1. The van der Waals surface area contributed by atoms with Gasteiger partial charge in [0.2, 0.25) is 0 Å². The molecule has 0 N–H and O–H groups in total. The van der Waals surface area contributed by atoms with Crippen LogP contribution in [0.1, 0.15) is 17.7 Å². The van der Waals surface area contributed by atoms with Gasteiger partial charge in [-0.15, -0.1) is 0 Å². The standard InChI is InChI=1S/C12H8ClFIN/c13-11-7-2-1-3-10(7)16-12-8(11)4-6(14)5-9(12)15/h4-5H,1-3H2. The topological polar surface area (TPSA) is 12.9 Å². The molecule has 0 saturated carbocycles. The number of nitrogens with zero attached hydrogens (tertiary/aromatic N) is 1. The molecular weight excluding hydrogens is 339 g/mol. The van der Waals surface area contributed by atoms with Crippen LogP contribution in [0, 0.1) is 9.39 Å². The zero-order valence-corrected chi connectivity index (χ0v) is 11.3. The third-order valence-electron chi connectivity index (χ3n) is 2.97. The highest BCUT2D eigenvalue weighted by Crippen LogP contribution is 2.35. The molecule has 0 spiro atoms. The fourth-order valence-electron chi connectivity index (χ4n) is 2.23. The quantitative estimate of drug-likeness (QED) is 0.653. The lowest BCUT2D eigenvalue weighted by Gasteiger charge is -2.08. The average molecular weight is 348 g/mol. The average Bonchev–Trinajstić information content (AvgIpc) is 2.68. The van der Waals surface area contributed by atoms with Gasteiger partial charge in [0.1, 0.15) is 5.82 Å². The van der Waals surface area contributed by atoms with E-state index in [1.54, 1.807) is 0 Å². The molecule has 1 nitrogen and oxygen atoms in total. The van der Waals surface area contributed by atoms with Crippen LogP contribution >= 0.6 is 34.2 Å². The van der Waals surface area contributed by atoms with E-state index in [0.717, 1.165) is 45.0 Å². The van der Waals surface area contributed by atoms with Crippen molar-refractivity contribution in [2.24, 2.45) is 0 Å². The first kappa shape index (κ1) is 10.7. The van der Waals surface area contributed by atoms with Gasteiger partial charge in [0.05, 0.1) is 10.5 Å². The summed E-state index contributed by atoms with van der Waals surface area (Å²) in [7, 11) is 0. The van der Waals surface area contributed by atoms with Crippen LogP contribution in [0.4, 0.5) is 4.39 Å². The minimum atomic E-state index is -0.251. The minimum Gasteiger partial charge on any atom is -0.251 e. The first-order valence-corrected chi connectivity index (χ1v) is 6.58. The molecule has 1 heterocycles. The fourth-order valence-corrected chi connectivity index (χ4v) is 3.29. The second-order valence-corrected chi connectivity index (χ2v) is 5.53. The number of aryl methyl sites for hydroxylation is 1. The Balaban J connectivity index is 2.46. The molecule has 3 rings (SSSR count). The van der Waals surface area contributed by atoms with Gasteiger partial charge in [-0.05, 0) is 59.5 Å². The van der Waals surface area contributed by atoms with E-state index in [1.807, 2.05) is 0 Å². The molecule has 0 amide bonds. The van der Waals surface area contributed by atoms with E-state index in [1.165, 1.54) is 12.1 Å².